The van der Waals surface area contributed by atoms with Gasteiger partial charge in [-0.3, -0.25) is 12.2 Å². The minimum atomic E-state index is 0. The summed E-state index contributed by atoms with van der Waals surface area (Å²) in [6, 6.07) is 0. The van der Waals surface area contributed by atoms with Gasteiger partial charge in [0.05, 0.1) is 0 Å². The predicted molar refractivity (Wildman–Crippen MR) is 73.6 cm³/mol. The van der Waals surface area contributed by atoms with Gasteiger partial charge in [-0.2, -0.15) is 40.3 Å². The van der Waals surface area contributed by atoms with Crippen LogP contribution in [0, 0.1) is 12.2 Å². The quantitative estimate of drug-likeness (QED) is 0.608. The van der Waals surface area contributed by atoms with Crippen LogP contribution in [0.25, 0.3) is 10.6 Å². The summed E-state index contributed by atoms with van der Waals surface area (Å²) in [5.41, 5.74) is 0. The molecule has 2 rings (SSSR count). The summed E-state index contributed by atoms with van der Waals surface area (Å²) in [5.74, 6) is 0. The van der Waals surface area contributed by atoms with Crippen molar-refractivity contribution in [2.75, 3.05) is 28.2 Å². The Morgan fingerprint density at radius 2 is 1.06 bits per heavy atom. The van der Waals surface area contributed by atoms with Gasteiger partial charge in [0.1, 0.15) is 0 Å². The summed E-state index contributed by atoms with van der Waals surface area (Å²) >= 11 is 0. The topological polar surface area (TPSA) is 28.2 Å². The molecule has 0 radical (unpaired) electrons. The number of hydrogen-bond donors (Lipinski definition) is 0. The fourth-order valence-corrected chi connectivity index (χ4v) is 0.680. The first kappa shape index (κ1) is 22.0. The van der Waals surface area contributed by atoms with Crippen molar-refractivity contribution in [1.82, 2.24) is 0 Å². The first-order chi connectivity index (χ1) is 7.83. The molecule has 0 unspecified atom stereocenters. The van der Waals surface area contributed by atoms with E-state index in [0.29, 0.717) is 0 Å². The molecule has 92 valence electrons. The monoisotopic (exact) mass is 308 g/mol. The van der Waals surface area contributed by atoms with Gasteiger partial charge in [-0.15, -0.1) is 12.8 Å². The van der Waals surface area contributed by atoms with Crippen LogP contribution in [0.1, 0.15) is 12.8 Å². The molecule has 0 aliphatic heterocycles. The fourth-order valence-electron chi connectivity index (χ4n) is 0.680. The van der Waals surface area contributed by atoms with Gasteiger partial charge in [0.25, 0.3) is 0 Å². The van der Waals surface area contributed by atoms with Crippen molar-refractivity contribution in [3.05, 3.63) is 59.2 Å². The number of hydrogen-bond acceptors (Lipinski definition) is 0. The van der Waals surface area contributed by atoms with Crippen LogP contribution in [-0.2, 0) is 26.2 Å². The SMILES string of the molecule is C[N-]C.C[N-]C.[C-]1=CC=CC1.[C-]1=CC=CC1.[Zr+4]. The largest absolute Gasteiger partial charge is 4.00 e. The Bertz CT molecular complexity index is 174. The third-order valence-electron chi connectivity index (χ3n) is 1.17. The molecule has 17 heavy (non-hydrogen) atoms. The van der Waals surface area contributed by atoms with Crippen molar-refractivity contribution in [3.8, 4) is 0 Å². The molecule has 0 bridgehead atoms. The Kier molecular flexibility index (Phi) is 32.1. The maximum Gasteiger partial charge on any atom is 4.00 e. The molecular formula is C14H22N2Zr. The second-order valence-electron chi connectivity index (χ2n) is 2.90. The van der Waals surface area contributed by atoms with Gasteiger partial charge in [-0.25, -0.2) is 24.3 Å². The summed E-state index contributed by atoms with van der Waals surface area (Å²) < 4.78 is 0. The summed E-state index contributed by atoms with van der Waals surface area (Å²) in [5, 5.41) is 7.00. The summed E-state index contributed by atoms with van der Waals surface area (Å²) in [7, 11) is 7.00. The van der Waals surface area contributed by atoms with Crippen molar-refractivity contribution < 1.29 is 26.2 Å². The van der Waals surface area contributed by atoms with Crippen LogP contribution in [0.15, 0.2) is 36.5 Å². The Morgan fingerprint density at radius 3 is 1.12 bits per heavy atom. The number of rotatable bonds is 0. The minimum Gasteiger partial charge on any atom is -0.668 e. The van der Waals surface area contributed by atoms with Crippen molar-refractivity contribution >= 4 is 0 Å². The van der Waals surface area contributed by atoms with E-state index in [1.54, 1.807) is 28.2 Å². The van der Waals surface area contributed by atoms with Gasteiger partial charge in [-0.1, -0.05) is 0 Å². The van der Waals surface area contributed by atoms with Crippen molar-refractivity contribution in [2.24, 2.45) is 0 Å². The maximum atomic E-state index is 3.50. The summed E-state index contributed by atoms with van der Waals surface area (Å²) in [4.78, 5) is 0. The normalized spacial score (nSPS) is 12.5. The second kappa shape index (κ2) is 24.8. The van der Waals surface area contributed by atoms with Crippen LogP contribution in [0.3, 0.4) is 0 Å². The van der Waals surface area contributed by atoms with E-state index in [1.807, 2.05) is 24.3 Å². The minimum absolute atomic E-state index is 0. The Hall–Kier alpha value is -0.237. The molecule has 0 aromatic carbocycles. The summed E-state index contributed by atoms with van der Waals surface area (Å²) in [6.07, 6.45) is 20.0. The van der Waals surface area contributed by atoms with Crippen LogP contribution >= 0.6 is 0 Å². The van der Waals surface area contributed by atoms with E-state index >= 15 is 0 Å². The van der Waals surface area contributed by atoms with Crippen LogP contribution in [0.2, 0.25) is 0 Å². The first-order valence-electron chi connectivity index (χ1n) is 5.22. The van der Waals surface area contributed by atoms with Gasteiger partial charge in [0.15, 0.2) is 0 Å². The maximum absolute atomic E-state index is 3.50. The van der Waals surface area contributed by atoms with Gasteiger partial charge in [-0.05, 0) is 0 Å². The third-order valence-corrected chi connectivity index (χ3v) is 1.17. The first-order valence-corrected chi connectivity index (χ1v) is 5.22. The van der Waals surface area contributed by atoms with Gasteiger partial charge in [0.2, 0.25) is 0 Å². The molecule has 0 amide bonds. The zero-order chi connectivity index (χ0) is 12.5. The standard InChI is InChI=1S/2C5H5.2C2H6N.Zr/c2*1-2-4-5-3-1;2*1-3-2;/h2*1-3H,4H2;2*1-2H3;/q4*-1;+4. The molecule has 2 aliphatic rings. The molecule has 0 heterocycles. The Morgan fingerprint density at radius 1 is 0.765 bits per heavy atom. The molecule has 0 aromatic heterocycles. The smallest absolute Gasteiger partial charge is 0.668 e. The van der Waals surface area contributed by atoms with Crippen LogP contribution < -0.4 is 0 Å². The van der Waals surface area contributed by atoms with E-state index in [9.17, 15) is 0 Å². The van der Waals surface area contributed by atoms with Crippen molar-refractivity contribution in [3.63, 3.8) is 0 Å². The van der Waals surface area contributed by atoms with Gasteiger partial charge >= 0.3 is 26.2 Å². The van der Waals surface area contributed by atoms with E-state index in [2.05, 4.69) is 34.9 Å². The van der Waals surface area contributed by atoms with Gasteiger partial charge < -0.3 is 10.6 Å². The average molecular weight is 310 g/mol. The average Bonchev–Trinajstić information content (AvgIpc) is 3.00. The molecule has 0 aromatic rings. The van der Waals surface area contributed by atoms with Crippen LogP contribution in [-0.4, -0.2) is 28.2 Å². The Labute approximate surface area is 126 Å². The van der Waals surface area contributed by atoms with E-state index in [-0.39, 0.29) is 26.2 Å². The second-order valence-corrected chi connectivity index (χ2v) is 2.90. The van der Waals surface area contributed by atoms with Crippen LogP contribution in [0.5, 0.6) is 0 Å². The molecule has 0 N–H and O–H groups in total. The van der Waals surface area contributed by atoms with Crippen molar-refractivity contribution in [2.45, 2.75) is 12.8 Å². The molecule has 0 saturated carbocycles. The van der Waals surface area contributed by atoms with E-state index in [0.717, 1.165) is 12.8 Å². The summed E-state index contributed by atoms with van der Waals surface area (Å²) in [6.45, 7) is 0. The van der Waals surface area contributed by atoms with E-state index in [1.165, 1.54) is 0 Å². The zero-order valence-corrected chi connectivity index (χ0v) is 13.7. The number of nitrogens with zero attached hydrogens (tertiary/aromatic N) is 2. The Balaban J connectivity index is -0.000000157. The van der Waals surface area contributed by atoms with Gasteiger partial charge in [0, 0.05) is 0 Å². The molecule has 3 heteroatoms. The predicted octanol–water partition coefficient (Wildman–Crippen LogP) is 3.85. The molecule has 0 atom stereocenters. The molecular weight excluding hydrogens is 287 g/mol. The van der Waals surface area contributed by atoms with Crippen molar-refractivity contribution in [1.29, 1.82) is 0 Å². The number of allylic oxidation sites excluding steroid dienone is 8. The molecule has 0 fully saturated rings. The molecule has 2 nitrogen and oxygen atoms in total. The zero-order valence-electron chi connectivity index (χ0n) is 11.3. The molecule has 2 aliphatic carbocycles. The van der Waals surface area contributed by atoms with Crippen LogP contribution in [0.4, 0.5) is 0 Å². The van der Waals surface area contributed by atoms with E-state index in [4.69, 9.17) is 0 Å². The fraction of sp³-hybridized carbons (Fsp3) is 0.429. The molecule has 0 saturated heterocycles. The van der Waals surface area contributed by atoms with E-state index < -0.39 is 0 Å². The third kappa shape index (κ3) is 31.3. The molecule has 0 spiro atoms.